The minimum atomic E-state index is 0.580. The molecule has 1 atom stereocenters. The van der Waals surface area contributed by atoms with Gasteiger partial charge < -0.3 is 10.2 Å². The quantitative estimate of drug-likeness (QED) is 0.912. The molecule has 0 amide bonds. The Balaban J connectivity index is 1.74. The van der Waals surface area contributed by atoms with Gasteiger partial charge in [-0.3, -0.25) is 0 Å². The summed E-state index contributed by atoms with van der Waals surface area (Å²) in [5.41, 5.74) is 4.04. The van der Waals surface area contributed by atoms with Crippen molar-refractivity contribution in [1.82, 2.24) is 4.90 Å². The van der Waals surface area contributed by atoms with E-state index in [4.69, 9.17) is 0 Å². The van der Waals surface area contributed by atoms with Gasteiger partial charge in [0, 0.05) is 18.3 Å². The predicted octanol–water partition coefficient (Wildman–Crippen LogP) is 3.39. The minimum Gasteiger partial charge on any atom is -0.381 e. The van der Waals surface area contributed by atoms with Crippen LogP contribution < -0.4 is 5.32 Å². The molecule has 104 valence electrons. The van der Waals surface area contributed by atoms with Crippen LogP contribution in [0.3, 0.4) is 0 Å². The predicted molar refractivity (Wildman–Crippen MR) is 85.2 cm³/mol. The fraction of sp³-hybridized carbons (Fsp3) is 0.333. The SMILES string of the molecule is CN1CCC(Nc2ccccc2Cc2ccccc2)C1. The van der Waals surface area contributed by atoms with Crippen LogP contribution in [0.2, 0.25) is 0 Å². The number of para-hydroxylation sites is 1. The zero-order chi connectivity index (χ0) is 13.8. The number of benzene rings is 2. The Kier molecular flexibility index (Phi) is 4.03. The Morgan fingerprint density at radius 3 is 2.55 bits per heavy atom. The normalized spacial score (nSPS) is 19.1. The Labute approximate surface area is 121 Å². The van der Waals surface area contributed by atoms with E-state index in [-0.39, 0.29) is 0 Å². The third-order valence-electron chi connectivity index (χ3n) is 4.01. The van der Waals surface area contributed by atoms with Gasteiger partial charge in [-0.2, -0.15) is 0 Å². The average Bonchev–Trinajstić information content (AvgIpc) is 2.88. The lowest BCUT2D eigenvalue weighted by Gasteiger charge is -2.17. The molecule has 0 bridgehead atoms. The summed E-state index contributed by atoms with van der Waals surface area (Å²) < 4.78 is 0. The van der Waals surface area contributed by atoms with Gasteiger partial charge in [0.05, 0.1) is 0 Å². The van der Waals surface area contributed by atoms with E-state index < -0.39 is 0 Å². The van der Waals surface area contributed by atoms with E-state index in [1.807, 2.05) is 0 Å². The zero-order valence-electron chi connectivity index (χ0n) is 12.0. The first kappa shape index (κ1) is 13.2. The molecule has 1 fully saturated rings. The molecule has 1 unspecified atom stereocenters. The Morgan fingerprint density at radius 1 is 1.05 bits per heavy atom. The van der Waals surface area contributed by atoms with Gasteiger partial charge in [-0.15, -0.1) is 0 Å². The maximum absolute atomic E-state index is 3.72. The van der Waals surface area contributed by atoms with Gasteiger partial charge in [0.15, 0.2) is 0 Å². The number of likely N-dealkylation sites (tertiary alicyclic amines) is 1. The van der Waals surface area contributed by atoms with Crippen LogP contribution in [0.4, 0.5) is 5.69 Å². The van der Waals surface area contributed by atoms with Crippen LogP contribution in [-0.4, -0.2) is 31.1 Å². The highest BCUT2D eigenvalue weighted by atomic mass is 15.2. The average molecular weight is 266 g/mol. The molecule has 0 radical (unpaired) electrons. The van der Waals surface area contributed by atoms with E-state index in [2.05, 4.69) is 71.9 Å². The topological polar surface area (TPSA) is 15.3 Å². The minimum absolute atomic E-state index is 0.580. The summed E-state index contributed by atoms with van der Waals surface area (Å²) in [6.07, 6.45) is 2.22. The largest absolute Gasteiger partial charge is 0.381 e. The lowest BCUT2D eigenvalue weighted by molar-refractivity contribution is 0.414. The molecule has 1 aliphatic heterocycles. The first-order valence-electron chi connectivity index (χ1n) is 7.38. The van der Waals surface area contributed by atoms with Crippen LogP contribution in [0.5, 0.6) is 0 Å². The number of likely N-dealkylation sites (N-methyl/N-ethyl adjacent to an activating group) is 1. The molecule has 20 heavy (non-hydrogen) atoms. The first-order chi connectivity index (χ1) is 9.81. The molecule has 2 aromatic carbocycles. The van der Waals surface area contributed by atoms with Crippen LogP contribution in [0, 0.1) is 0 Å². The smallest absolute Gasteiger partial charge is 0.0400 e. The van der Waals surface area contributed by atoms with Crippen LogP contribution in [0.15, 0.2) is 54.6 Å². The number of rotatable bonds is 4. The van der Waals surface area contributed by atoms with Crippen molar-refractivity contribution >= 4 is 5.69 Å². The molecule has 1 heterocycles. The maximum Gasteiger partial charge on any atom is 0.0400 e. The summed E-state index contributed by atoms with van der Waals surface area (Å²) >= 11 is 0. The summed E-state index contributed by atoms with van der Waals surface area (Å²) in [6.45, 7) is 2.33. The molecule has 1 N–H and O–H groups in total. The molecule has 0 spiro atoms. The van der Waals surface area contributed by atoms with Crippen molar-refractivity contribution in [2.75, 3.05) is 25.5 Å². The van der Waals surface area contributed by atoms with Crippen LogP contribution in [-0.2, 0) is 6.42 Å². The molecule has 1 saturated heterocycles. The van der Waals surface area contributed by atoms with E-state index in [0.29, 0.717) is 6.04 Å². The van der Waals surface area contributed by atoms with Gasteiger partial charge in [0.25, 0.3) is 0 Å². The summed E-state index contributed by atoms with van der Waals surface area (Å²) in [5, 5.41) is 3.72. The maximum atomic E-state index is 3.72. The van der Waals surface area contributed by atoms with Crippen molar-refractivity contribution in [3.63, 3.8) is 0 Å². The third-order valence-corrected chi connectivity index (χ3v) is 4.01. The summed E-state index contributed by atoms with van der Waals surface area (Å²) in [7, 11) is 2.19. The van der Waals surface area contributed by atoms with E-state index in [0.717, 1.165) is 13.0 Å². The highest BCUT2D eigenvalue weighted by molar-refractivity contribution is 5.53. The second-order valence-electron chi connectivity index (χ2n) is 5.71. The molecule has 0 aliphatic carbocycles. The van der Waals surface area contributed by atoms with Gasteiger partial charge in [0.1, 0.15) is 0 Å². The number of nitrogens with zero attached hydrogens (tertiary/aromatic N) is 1. The molecule has 0 saturated carbocycles. The standard InChI is InChI=1S/C18H22N2/c1-20-12-11-17(14-20)19-18-10-6-5-9-16(18)13-15-7-3-2-4-8-15/h2-10,17,19H,11-14H2,1H3. The molecular formula is C18H22N2. The Bertz CT molecular complexity index is 550. The van der Waals surface area contributed by atoms with Crippen molar-refractivity contribution in [1.29, 1.82) is 0 Å². The Hall–Kier alpha value is -1.80. The van der Waals surface area contributed by atoms with Crippen molar-refractivity contribution in [3.05, 3.63) is 65.7 Å². The third kappa shape index (κ3) is 3.20. The summed E-state index contributed by atoms with van der Waals surface area (Å²) in [5.74, 6) is 0. The summed E-state index contributed by atoms with van der Waals surface area (Å²) in [6, 6.07) is 19.9. The van der Waals surface area contributed by atoms with Crippen molar-refractivity contribution in [2.24, 2.45) is 0 Å². The zero-order valence-corrected chi connectivity index (χ0v) is 12.0. The number of anilines is 1. The lowest BCUT2D eigenvalue weighted by Crippen LogP contribution is -2.24. The van der Waals surface area contributed by atoms with Crippen LogP contribution in [0.25, 0.3) is 0 Å². The highest BCUT2D eigenvalue weighted by Crippen LogP contribution is 2.22. The molecule has 0 aromatic heterocycles. The van der Waals surface area contributed by atoms with E-state index in [1.165, 1.54) is 29.8 Å². The monoisotopic (exact) mass is 266 g/mol. The fourth-order valence-electron chi connectivity index (χ4n) is 2.90. The molecule has 1 aliphatic rings. The van der Waals surface area contributed by atoms with E-state index >= 15 is 0 Å². The van der Waals surface area contributed by atoms with E-state index in [9.17, 15) is 0 Å². The number of hydrogen-bond acceptors (Lipinski definition) is 2. The van der Waals surface area contributed by atoms with Crippen LogP contribution in [0.1, 0.15) is 17.5 Å². The van der Waals surface area contributed by atoms with E-state index in [1.54, 1.807) is 0 Å². The highest BCUT2D eigenvalue weighted by Gasteiger charge is 2.19. The van der Waals surface area contributed by atoms with Gasteiger partial charge in [-0.05, 0) is 43.6 Å². The summed E-state index contributed by atoms with van der Waals surface area (Å²) in [4.78, 5) is 2.39. The molecule has 3 rings (SSSR count). The van der Waals surface area contributed by atoms with Crippen molar-refractivity contribution in [3.8, 4) is 0 Å². The number of nitrogens with one attached hydrogen (secondary N) is 1. The molecule has 2 nitrogen and oxygen atoms in total. The van der Waals surface area contributed by atoms with Gasteiger partial charge >= 0.3 is 0 Å². The van der Waals surface area contributed by atoms with Crippen LogP contribution >= 0.6 is 0 Å². The van der Waals surface area contributed by atoms with Crippen molar-refractivity contribution in [2.45, 2.75) is 18.9 Å². The second kappa shape index (κ2) is 6.10. The lowest BCUT2D eigenvalue weighted by atomic mass is 10.0. The van der Waals surface area contributed by atoms with Gasteiger partial charge in [-0.1, -0.05) is 48.5 Å². The molecular weight excluding hydrogens is 244 g/mol. The Morgan fingerprint density at radius 2 is 1.80 bits per heavy atom. The number of hydrogen-bond donors (Lipinski definition) is 1. The van der Waals surface area contributed by atoms with Crippen molar-refractivity contribution < 1.29 is 0 Å². The molecule has 2 aromatic rings. The van der Waals surface area contributed by atoms with Gasteiger partial charge in [-0.25, -0.2) is 0 Å². The fourth-order valence-corrected chi connectivity index (χ4v) is 2.90. The first-order valence-corrected chi connectivity index (χ1v) is 7.38. The second-order valence-corrected chi connectivity index (χ2v) is 5.71. The van der Waals surface area contributed by atoms with Gasteiger partial charge in [0.2, 0.25) is 0 Å². The molecule has 2 heteroatoms.